The molecule has 11 nitrogen and oxygen atoms in total. The van der Waals surface area contributed by atoms with Crippen LogP contribution in [0.25, 0.3) is 6.08 Å². The van der Waals surface area contributed by atoms with Gasteiger partial charge in [0.15, 0.2) is 0 Å². The molecule has 0 saturated carbocycles. The van der Waals surface area contributed by atoms with E-state index in [9.17, 15) is 19.2 Å². The van der Waals surface area contributed by atoms with Crippen LogP contribution in [0.15, 0.2) is 83.9 Å². The van der Waals surface area contributed by atoms with Crippen LogP contribution in [0.1, 0.15) is 102 Å². The molecular formula is C48H56N2O9Pt. The Morgan fingerprint density at radius 2 is 1.42 bits per heavy atom. The van der Waals surface area contributed by atoms with Gasteiger partial charge in [-0.25, -0.2) is 4.79 Å². The van der Waals surface area contributed by atoms with Crippen molar-refractivity contribution in [1.29, 1.82) is 0 Å². The fraction of sp³-hybridized carbons (Fsp3) is 0.354. The van der Waals surface area contributed by atoms with Crippen LogP contribution in [0.5, 0.6) is 0 Å². The van der Waals surface area contributed by atoms with E-state index in [0.717, 1.165) is 56.0 Å². The van der Waals surface area contributed by atoms with Gasteiger partial charge in [0.2, 0.25) is 0 Å². The molecule has 322 valence electrons. The Bertz CT molecular complexity index is 2240. The summed E-state index contributed by atoms with van der Waals surface area (Å²) >= 11 is -1.92. The fourth-order valence-corrected chi connectivity index (χ4v) is 6.65. The van der Waals surface area contributed by atoms with Gasteiger partial charge in [0.1, 0.15) is 11.6 Å². The summed E-state index contributed by atoms with van der Waals surface area (Å²) in [5.74, 6) is -0.148. The summed E-state index contributed by atoms with van der Waals surface area (Å²) in [4.78, 5) is 52.9. The molecule has 2 aliphatic rings. The number of hydrogen-bond acceptors (Lipinski definition) is 11. The SMILES string of the molecule is CCO.CCOC(=O)/C=C/c1cccc(C2=Nc3cc(C)c(C)cc3CC(=O)C2)c1.CCOC(=O)CCc1cccc(C2CC(=O)Cc3cc(C)c(C)cc3N2)c1.[O]=[Pt]=[O]. The summed E-state index contributed by atoms with van der Waals surface area (Å²) in [5.41, 5.74) is 13.4. The first-order valence-corrected chi connectivity index (χ1v) is 21.8. The van der Waals surface area contributed by atoms with E-state index in [1.165, 1.54) is 22.8 Å². The van der Waals surface area contributed by atoms with Crippen molar-refractivity contribution in [3.63, 3.8) is 0 Å². The summed E-state index contributed by atoms with van der Waals surface area (Å²) in [5, 5.41) is 11.1. The van der Waals surface area contributed by atoms with Crippen molar-refractivity contribution in [2.45, 2.75) is 93.0 Å². The van der Waals surface area contributed by atoms with Crippen molar-refractivity contribution >= 4 is 46.7 Å². The number of benzene rings is 4. The van der Waals surface area contributed by atoms with E-state index in [1.54, 1.807) is 19.9 Å². The molecule has 0 aromatic heterocycles. The molecule has 0 saturated heterocycles. The number of nitrogens with zero attached hydrogens (tertiary/aromatic N) is 1. The Hall–Kier alpha value is -5.38. The van der Waals surface area contributed by atoms with Crippen LogP contribution in [0, 0.1) is 27.7 Å². The number of fused-ring (bicyclic) bond motifs is 2. The monoisotopic (exact) mass is 999 g/mol. The Labute approximate surface area is 361 Å². The number of aliphatic hydroxyl groups excluding tert-OH is 1. The average Bonchev–Trinajstić information content (AvgIpc) is 3.47. The van der Waals surface area contributed by atoms with Crippen LogP contribution in [-0.2, 0) is 73.2 Å². The van der Waals surface area contributed by atoms with Crippen LogP contribution in [0.3, 0.4) is 0 Å². The average molecular weight is 1000 g/mol. The molecule has 2 heterocycles. The van der Waals surface area contributed by atoms with E-state index in [0.29, 0.717) is 51.7 Å². The maximum atomic E-state index is 12.5. The molecule has 0 radical (unpaired) electrons. The third-order valence-electron chi connectivity index (χ3n) is 9.77. The molecule has 0 bridgehead atoms. The Kier molecular flexibility index (Phi) is 20.6. The first-order chi connectivity index (χ1) is 28.7. The first kappa shape index (κ1) is 49.0. The van der Waals surface area contributed by atoms with Crippen LogP contribution in [0.2, 0.25) is 0 Å². The minimum absolute atomic E-state index is 0.0524. The topological polar surface area (TPSA) is 166 Å². The molecule has 4 aromatic carbocycles. The molecule has 0 amide bonds. The van der Waals surface area contributed by atoms with E-state index in [2.05, 4.69) is 57.3 Å². The van der Waals surface area contributed by atoms with Crippen molar-refractivity contribution in [1.82, 2.24) is 0 Å². The number of anilines is 1. The number of nitrogens with one attached hydrogen (secondary N) is 1. The van der Waals surface area contributed by atoms with Gasteiger partial charge in [0.25, 0.3) is 0 Å². The van der Waals surface area contributed by atoms with Gasteiger partial charge in [0.05, 0.1) is 30.7 Å². The second-order valence-corrected chi connectivity index (χ2v) is 14.7. The van der Waals surface area contributed by atoms with E-state index in [-0.39, 0.29) is 36.2 Å². The van der Waals surface area contributed by atoms with Gasteiger partial charge in [-0.1, -0.05) is 54.6 Å². The number of aliphatic hydroxyl groups is 1. The Morgan fingerprint density at radius 3 is 2.10 bits per heavy atom. The number of carbonyl (C=O) groups excluding carboxylic acids is 4. The van der Waals surface area contributed by atoms with Gasteiger partial charge in [0, 0.05) is 50.5 Å². The second kappa shape index (κ2) is 25.3. The van der Waals surface area contributed by atoms with E-state index < -0.39 is 18.5 Å². The Balaban J connectivity index is 0.000000283. The third-order valence-corrected chi connectivity index (χ3v) is 9.77. The molecule has 2 N–H and O–H groups in total. The molecule has 1 unspecified atom stereocenters. The van der Waals surface area contributed by atoms with Crippen molar-refractivity contribution in [3.8, 4) is 0 Å². The molecule has 2 aliphatic heterocycles. The van der Waals surface area contributed by atoms with Crippen LogP contribution >= 0.6 is 0 Å². The molecule has 6 rings (SSSR count). The van der Waals surface area contributed by atoms with Crippen LogP contribution < -0.4 is 5.32 Å². The molecule has 12 heteroatoms. The normalized spacial score (nSPS) is 14.2. The second-order valence-electron chi connectivity index (χ2n) is 14.4. The summed E-state index contributed by atoms with van der Waals surface area (Å²) in [6.07, 6.45) is 5.78. The molecule has 0 spiro atoms. The fourth-order valence-electron chi connectivity index (χ4n) is 6.65. The van der Waals surface area contributed by atoms with Gasteiger partial charge in [-0.15, -0.1) is 0 Å². The first-order valence-electron chi connectivity index (χ1n) is 20.0. The molecule has 4 aromatic rings. The third kappa shape index (κ3) is 15.7. The molecule has 0 fully saturated rings. The molecular weight excluding hydrogens is 944 g/mol. The van der Waals surface area contributed by atoms with Crippen molar-refractivity contribution in [2.24, 2.45) is 4.99 Å². The number of carbonyl (C=O) groups is 4. The predicted octanol–water partition coefficient (Wildman–Crippen LogP) is 8.74. The molecule has 0 aliphatic carbocycles. The minimum atomic E-state index is -1.92. The summed E-state index contributed by atoms with van der Waals surface area (Å²) in [6.45, 7) is 14.5. The van der Waals surface area contributed by atoms with Gasteiger partial charge >= 0.3 is 37.2 Å². The van der Waals surface area contributed by atoms with E-state index in [4.69, 9.17) is 26.4 Å². The number of ketones is 2. The number of hydrogen-bond donors (Lipinski definition) is 2. The zero-order valence-electron chi connectivity index (χ0n) is 35.5. The summed E-state index contributed by atoms with van der Waals surface area (Å²) in [6, 6.07) is 24.2. The van der Waals surface area contributed by atoms with Crippen LogP contribution in [0.4, 0.5) is 11.4 Å². The zero-order valence-corrected chi connectivity index (χ0v) is 37.8. The predicted molar refractivity (Wildman–Crippen MR) is 229 cm³/mol. The standard InChI is InChI=1S/C23H27NO3.C23H23NO3.C2H6O.2O.Pt/c2*1-4-27-23(26)9-8-17-6-5-7-18(12-17)22-14-20(25)13-19-10-15(2)16(3)11-21(19)24-22;1-2-3;;;/h5-7,10-12,22,24H,4,8-9,13-14H2,1-3H3;5-12H,4,13-14H2,1-3H3;3H,2H2,1H3;;;/b;9-8+;;;;. The quantitative estimate of drug-likeness (QED) is 0.122. The maximum absolute atomic E-state index is 12.5. The van der Waals surface area contributed by atoms with Gasteiger partial charge < -0.3 is 19.9 Å². The zero-order chi connectivity index (χ0) is 44.2. The summed E-state index contributed by atoms with van der Waals surface area (Å²) in [7, 11) is 0. The van der Waals surface area contributed by atoms with Crippen molar-refractivity contribution < 1.29 is 59.0 Å². The number of esters is 2. The number of aryl methyl sites for hydroxylation is 5. The van der Waals surface area contributed by atoms with Crippen molar-refractivity contribution in [2.75, 3.05) is 25.1 Å². The van der Waals surface area contributed by atoms with Gasteiger partial charge in [-0.2, -0.15) is 0 Å². The van der Waals surface area contributed by atoms with Crippen LogP contribution in [-0.4, -0.2) is 54.1 Å². The van der Waals surface area contributed by atoms with Crippen molar-refractivity contribution in [3.05, 3.63) is 135 Å². The number of Topliss-reactive ketones (excluding diaryl/α,β-unsaturated/α-hetero) is 2. The van der Waals surface area contributed by atoms with E-state index in [1.807, 2.05) is 55.5 Å². The number of aliphatic imine (C=N–C) groups is 1. The van der Waals surface area contributed by atoms with Gasteiger partial charge in [-0.3, -0.25) is 19.4 Å². The van der Waals surface area contributed by atoms with E-state index >= 15 is 0 Å². The summed E-state index contributed by atoms with van der Waals surface area (Å²) < 4.78 is 26.9. The number of rotatable bonds is 9. The molecule has 1 atom stereocenters. The Morgan fingerprint density at radius 1 is 0.800 bits per heavy atom. The molecule has 60 heavy (non-hydrogen) atoms. The number of ether oxygens (including phenoxy) is 2. The van der Waals surface area contributed by atoms with Gasteiger partial charge in [-0.05, 0) is 135 Å².